The molecule has 0 saturated heterocycles. The van der Waals surface area contributed by atoms with Crippen LogP contribution >= 0.6 is 0 Å². The van der Waals surface area contributed by atoms with Gasteiger partial charge in [0.2, 0.25) is 0 Å². The summed E-state index contributed by atoms with van der Waals surface area (Å²) in [5, 5.41) is 0. The van der Waals surface area contributed by atoms with Crippen LogP contribution in [0, 0.1) is 0 Å². The van der Waals surface area contributed by atoms with E-state index in [1.165, 1.54) is 56.1 Å². The summed E-state index contributed by atoms with van der Waals surface area (Å²) >= 11 is 0. The predicted molar refractivity (Wildman–Crippen MR) is 149 cm³/mol. The third-order valence-corrected chi connectivity index (χ3v) is 7.34. The average Bonchev–Trinajstić information content (AvgIpc) is 3.27. The van der Waals surface area contributed by atoms with Crippen LogP contribution in [0.25, 0.3) is 0 Å². The number of rotatable bonds is 18. The molecule has 0 radical (unpaired) electrons. The van der Waals surface area contributed by atoms with Crippen molar-refractivity contribution < 1.29 is 14.2 Å². The van der Waals surface area contributed by atoms with Gasteiger partial charge in [-0.05, 0) is 37.6 Å². The number of hydrogen-bond donors (Lipinski definition) is 0. The lowest BCUT2D eigenvalue weighted by molar-refractivity contribution is -0.0898. The molecule has 1 saturated carbocycles. The molecule has 1 fully saturated rings. The smallest absolute Gasteiger partial charge is 0.102 e. The number of hydrogen-bond acceptors (Lipinski definition) is 4. The predicted octanol–water partition coefficient (Wildman–Crippen LogP) is 7.41. The molecule has 4 atom stereocenters. The summed E-state index contributed by atoms with van der Waals surface area (Å²) in [5.41, 5.74) is 2.42. The van der Waals surface area contributed by atoms with Crippen LogP contribution in [-0.2, 0) is 27.4 Å². The van der Waals surface area contributed by atoms with Crippen molar-refractivity contribution in [1.82, 2.24) is 4.90 Å². The summed E-state index contributed by atoms with van der Waals surface area (Å²) in [7, 11) is 2.26. The minimum atomic E-state index is 0.0204. The summed E-state index contributed by atoms with van der Waals surface area (Å²) in [5.74, 6) is 0. The van der Waals surface area contributed by atoms with E-state index in [0.29, 0.717) is 13.2 Å². The second-order valence-corrected chi connectivity index (χ2v) is 10.3. The number of benzene rings is 2. The van der Waals surface area contributed by atoms with Crippen molar-refractivity contribution >= 4 is 0 Å². The maximum atomic E-state index is 6.62. The number of nitrogens with zero attached hydrogens (tertiary/aromatic N) is 1. The molecule has 4 nitrogen and oxygen atoms in total. The van der Waals surface area contributed by atoms with Gasteiger partial charge in [-0.3, -0.25) is 4.90 Å². The van der Waals surface area contributed by atoms with Crippen LogP contribution in [0.4, 0.5) is 0 Å². The lowest BCUT2D eigenvalue weighted by Gasteiger charge is -2.34. The molecule has 0 heterocycles. The van der Waals surface area contributed by atoms with Crippen LogP contribution in [0.3, 0.4) is 0 Å². The van der Waals surface area contributed by atoms with Gasteiger partial charge in [-0.1, -0.05) is 113 Å². The third-order valence-electron chi connectivity index (χ3n) is 7.34. The van der Waals surface area contributed by atoms with E-state index in [-0.39, 0.29) is 24.4 Å². The Balaban J connectivity index is 1.70. The van der Waals surface area contributed by atoms with Crippen molar-refractivity contribution in [3.8, 4) is 0 Å². The summed E-state index contributed by atoms with van der Waals surface area (Å²) < 4.78 is 19.8. The minimum absolute atomic E-state index is 0.0204. The van der Waals surface area contributed by atoms with Crippen LogP contribution in [0.1, 0.15) is 82.8 Å². The lowest BCUT2D eigenvalue weighted by atomic mass is 10.1. The standard InChI is InChI=1S/C32H49NO3/c1-4-6-8-9-16-22-33(3)31-29(35-25-27-18-12-10-13-19-27)24-30(32(31)34-23-17-7-5-2)36-26-28-20-14-11-15-21-28/h10-15,18-21,29-32H,4-9,16-17,22-26H2,1-3H3/t29-,30+,31+,32+/m1/s1. The molecule has 0 aromatic heterocycles. The SMILES string of the molecule is CCCCCCCN(C)[C@@H]1[C@@H](OCCCCC)[C@@H](OCc2ccccc2)C[C@H]1OCc1ccccc1. The molecule has 0 spiro atoms. The summed E-state index contributed by atoms with van der Waals surface area (Å²) in [6.45, 7) is 7.61. The second kappa shape index (κ2) is 16.9. The fourth-order valence-corrected chi connectivity index (χ4v) is 5.24. The highest BCUT2D eigenvalue weighted by molar-refractivity contribution is 5.15. The first-order valence-corrected chi connectivity index (χ1v) is 14.4. The molecule has 1 aliphatic rings. The van der Waals surface area contributed by atoms with Crippen LogP contribution in [0.2, 0.25) is 0 Å². The van der Waals surface area contributed by atoms with Crippen molar-refractivity contribution in [2.45, 2.75) is 109 Å². The molecule has 1 aliphatic carbocycles. The molecule has 4 heteroatoms. The molecule has 0 amide bonds. The Labute approximate surface area is 220 Å². The zero-order valence-corrected chi connectivity index (χ0v) is 22.9. The molecule has 2 aromatic rings. The second-order valence-electron chi connectivity index (χ2n) is 10.3. The highest BCUT2D eigenvalue weighted by atomic mass is 16.6. The Bertz CT molecular complexity index is 800. The zero-order valence-electron chi connectivity index (χ0n) is 22.9. The maximum Gasteiger partial charge on any atom is 0.102 e. The molecule has 0 unspecified atom stereocenters. The van der Waals surface area contributed by atoms with Crippen LogP contribution in [-0.4, -0.2) is 49.5 Å². The molecule has 2 aromatic carbocycles. The molecule has 3 rings (SSSR count). The van der Waals surface area contributed by atoms with Gasteiger partial charge in [0.05, 0.1) is 31.5 Å². The number of likely N-dealkylation sites (N-methyl/N-ethyl adjacent to an activating group) is 1. The highest BCUT2D eigenvalue weighted by Crippen LogP contribution is 2.33. The van der Waals surface area contributed by atoms with Gasteiger partial charge in [-0.25, -0.2) is 0 Å². The first kappa shape index (κ1) is 28.8. The summed E-state index contributed by atoms with van der Waals surface area (Å²) in [4.78, 5) is 2.50. The average molecular weight is 496 g/mol. The molecule has 200 valence electrons. The van der Waals surface area contributed by atoms with E-state index in [2.05, 4.69) is 86.5 Å². The monoisotopic (exact) mass is 495 g/mol. The van der Waals surface area contributed by atoms with Gasteiger partial charge in [0, 0.05) is 13.0 Å². The van der Waals surface area contributed by atoms with E-state index >= 15 is 0 Å². The van der Waals surface area contributed by atoms with Crippen molar-refractivity contribution in [3.05, 3.63) is 71.8 Å². The van der Waals surface area contributed by atoms with E-state index < -0.39 is 0 Å². The van der Waals surface area contributed by atoms with Gasteiger partial charge < -0.3 is 14.2 Å². The maximum absolute atomic E-state index is 6.62. The molecule has 0 aliphatic heterocycles. The molecular weight excluding hydrogens is 446 g/mol. The van der Waals surface area contributed by atoms with Gasteiger partial charge in [0.15, 0.2) is 0 Å². The normalized spacial score (nSPS) is 21.9. The Kier molecular flexibility index (Phi) is 13.6. The minimum Gasteiger partial charge on any atom is -0.374 e. The van der Waals surface area contributed by atoms with Crippen LogP contribution in [0.5, 0.6) is 0 Å². The van der Waals surface area contributed by atoms with Gasteiger partial charge >= 0.3 is 0 Å². The molecule has 36 heavy (non-hydrogen) atoms. The Morgan fingerprint density at radius 3 is 1.83 bits per heavy atom. The summed E-state index contributed by atoms with van der Waals surface area (Å²) in [6, 6.07) is 21.2. The van der Waals surface area contributed by atoms with Crippen LogP contribution < -0.4 is 0 Å². The zero-order chi connectivity index (χ0) is 25.4. The molecule has 0 N–H and O–H groups in total. The topological polar surface area (TPSA) is 30.9 Å². The van der Waals surface area contributed by atoms with Crippen molar-refractivity contribution in [2.75, 3.05) is 20.2 Å². The molecule has 0 bridgehead atoms. The van der Waals surface area contributed by atoms with Gasteiger partial charge in [-0.2, -0.15) is 0 Å². The Hall–Kier alpha value is -1.72. The van der Waals surface area contributed by atoms with E-state index in [1.807, 2.05) is 0 Å². The first-order chi connectivity index (χ1) is 17.7. The molecular formula is C32H49NO3. The Morgan fingerprint density at radius 2 is 1.22 bits per heavy atom. The van der Waals surface area contributed by atoms with E-state index in [9.17, 15) is 0 Å². The Morgan fingerprint density at radius 1 is 0.667 bits per heavy atom. The third kappa shape index (κ3) is 9.63. The van der Waals surface area contributed by atoms with Crippen LogP contribution in [0.15, 0.2) is 60.7 Å². The van der Waals surface area contributed by atoms with Gasteiger partial charge in [-0.15, -0.1) is 0 Å². The fourth-order valence-electron chi connectivity index (χ4n) is 5.24. The summed E-state index contributed by atoms with van der Waals surface area (Å²) in [6.07, 6.45) is 10.9. The lowest BCUT2D eigenvalue weighted by Crippen LogP contribution is -2.48. The quantitative estimate of drug-likeness (QED) is 0.202. The van der Waals surface area contributed by atoms with E-state index in [4.69, 9.17) is 14.2 Å². The number of unbranched alkanes of at least 4 members (excludes halogenated alkanes) is 6. The van der Waals surface area contributed by atoms with E-state index in [0.717, 1.165) is 26.0 Å². The first-order valence-electron chi connectivity index (χ1n) is 14.4. The number of ether oxygens (including phenoxy) is 3. The van der Waals surface area contributed by atoms with Gasteiger partial charge in [0.25, 0.3) is 0 Å². The van der Waals surface area contributed by atoms with Crippen molar-refractivity contribution in [1.29, 1.82) is 0 Å². The van der Waals surface area contributed by atoms with Crippen molar-refractivity contribution in [3.63, 3.8) is 0 Å². The highest BCUT2D eigenvalue weighted by Gasteiger charge is 2.47. The largest absolute Gasteiger partial charge is 0.374 e. The fraction of sp³-hybridized carbons (Fsp3) is 0.625. The van der Waals surface area contributed by atoms with Gasteiger partial charge in [0.1, 0.15) is 6.10 Å². The van der Waals surface area contributed by atoms with E-state index in [1.54, 1.807) is 0 Å². The van der Waals surface area contributed by atoms with Crippen molar-refractivity contribution in [2.24, 2.45) is 0 Å².